The Balaban J connectivity index is 0.00000320. The standard InChI is InChI=1S/C22H35ClN4O2.HI/c1-3-24-22(25-14-17(2)29-21-6-4-19(23)5-7-21)26-20-8-11-27(12-9-20)15-18-10-13-28-16-18;/h4-7,17-18,20H,3,8-16H2,1-2H3,(H2,24,25,26);1H. The average molecular weight is 551 g/mol. The maximum absolute atomic E-state index is 5.93. The molecule has 8 heteroatoms. The van der Waals surface area contributed by atoms with E-state index in [-0.39, 0.29) is 30.1 Å². The number of benzene rings is 1. The van der Waals surface area contributed by atoms with E-state index in [1.54, 1.807) is 0 Å². The number of piperidine rings is 1. The van der Waals surface area contributed by atoms with Crippen molar-refractivity contribution in [1.82, 2.24) is 15.5 Å². The van der Waals surface area contributed by atoms with Crippen molar-refractivity contribution in [1.29, 1.82) is 0 Å². The van der Waals surface area contributed by atoms with Crippen LogP contribution in [0.15, 0.2) is 29.3 Å². The normalized spacial score (nSPS) is 21.7. The summed E-state index contributed by atoms with van der Waals surface area (Å²) in [5.74, 6) is 2.41. The highest BCUT2D eigenvalue weighted by Crippen LogP contribution is 2.18. The Morgan fingerprint density at radius 1 is 1.27 bits per heavy atom. The van der Waals surface area contributed by atoms with Crippen LogP contribution in [0.5, 0.6) is 5.75 Å². The Hall–Kier alpha value is -0.770. The van der Waals surface area contributed by atoms with Crippen LogP contribution < -0.4 is 15.4 Å². The van der Waals surface area contributed by atoms with Gasteiger partial charge < -0.3 is 25.0 Å². The number of guanidine groups is 1. The summed E-state index contributed by atoms with van der Waals surface area (Å²) in [4.78, 5) is 7.32. The second kappa shape index (κ2) is 13.6. The van der Waals surface area contributed by atoms with Crippen molar-refractivity contribution in [2.75, 3.05) is 45.9 Å². The number of nitrogens with zero attached hydrogens (tertiary/aromatic N) is 2. The van der Waals surface area contributed by atoms with Gasteiger partial charge in [0.1, 0.15) is 11.9 Å². The van der Waals surface area contributed by atoms with E-state index in [1.165, 1.54) is 13.0 Å². The van der Waals surface area contributed by atoms with Crippen LogP contribution in [0.1, 0.15) is 33.1 Å². The Labute approximate surface area is 203 Å². The Kier molecular flexibility index (Phi) is 11.6. The fourth-order valence-corrected chi connectivity index (χ4v) is 3.99. The van der Waals surface area contributed by atoms with Crippen molar-refractivity contribution >= 4 is 41.5 Å². The molecule has 0 bridgehead atoms. The summed E-state index contributed by atoms with van der Waals surface area (Å²) in [6.07, 6.45) is 3.50. The van der Waals surface area contributed by atoms with Crippen LogP contribution in [0.3, 0.4) is 0 Å². The Morgan fingerprint density at radius 2 is 2.00 bits per heavy atom. The van der Waals surface area contributed by atoms with Gasteiger partial charge in [0, 0.05) is 43.9 Å². The molecule has 0 aromatic heterocycles. The van der Waals surface area contributed by atoms with Crippen LogP contribution in [0.4, 0.5) is 0 Å². The monoisotopic (exact) mass is 550 g/mol. The second-order valence-corrected chi connectivity index (χ2v) is 8.49. The number of aliphatic imine (C=N–C) groups is 1. The third-order valence-corrected chi connectivity index (χ3v) is 5.72. The van der Waals surface area contributed by atoms with Crippen LogP contribution in [-0.4, -0.2) is 68.9 Å². The predicted molar refractivity (Wildman–Crippen MR) is 134 cm³/mol. The summed E-state index contributed by atoms with van der Waals surface area (Å²) in [5.41, 5.74) is 0. The summed E-state index contributed by atoms with van der Waals surface area (Å²) < 4.78 is 11.4. The van der Waals surface area contributed by atoms with Crippen LogP contribution in [0, 0.1) is 5.92 Å². The fourth-order valence-electron chi connectivity index (χ4n) is 3.87. The number of hydrogen-bond acceptors (Lipinski definition) is 4. The molecule has 0 spiro atoms. The minimum Gasteiger partial charge on any atom is -0.489 e. The molecule has 6 nitrogen and oxygen atoms in total. The van der Waals surface area contributed by atoms with Crippen LogP contribution in [0.25, 0.3) is 0 Å². The topological polar surface area (TPSA) is 58.1 Å². The molecule has 2 atom stereocenters. The summed E-state index contributed by atoms with van der Waals surface area (Å²) >= 11 is 5.93. The first-order chi connectivity index (χ1) is 14.1. The Morgan fingerprint density at radius 3 is 2.63 bits per heavy atom. The van der Waals surface area contributed by atoms with E-state index in [0.29, 0.717) is 17.6 Å². The van der Waals surface area contributed by atoms with E-state index < -0.39 is 0 Å². The molecule has 0 amide bonds. The highest BCUT2D eigenvalue weighted by Gasteiger charge is 2.24. The number of nitrogens with one attached hydrogen (secondary N) is 2. The van der Waals surface area contributed by atoms with Crippen LogP contribution >= 0.6 is 35.6 Å². The number of rotatable bonds is 8. The third kappa shape index (κ3) is 8.77. The van der Waals surface area contributed by atoms with Gasteiger partial charge in [-0.1, -0.05) is 11.6 Å². The van der Waals surface area contributed by atoms with Gasteiger partial charge in [-0.25, -0.2) is 4.99 Å². The van der Waals surface area contributed by atoms with Crippen molar-refractivity contribution in [3.05, 3.63) is 29.3 Å². The first-order valence-corrected chi connectivity index (χ1v) is 11.3. The van der Waals surface area contributed by atoms with Crippen molar-refractivity contribution in [2.45, 2.75) is 45.3 Å². The molecule has 2 heterocycles. The molecule has 30 heavy (non-hydrogen) atoms. The zero-order valence-corrected chi connectivity index (χ0v) is 21.2. The smallest absolute Gasteiger partial charge is 0.191 e. The summed E-state index contributed by atoms with van der Waals surface area (Å²) in [6, 6.07) is 7.92. The summed E-state index contributed by atoms with van der Waals surface area (Å²) in [6.45, 7) is 10.9. The second-order valence-electron chi connectivity index (χ2n) is 8.05. The SMILES string of the molecule is CCNC(=NCC(C)Oc1ccc(Cl)cc1)NC1CCN(CC2CCOC2)CC1.I. The minimum atomic E-state index is -0.0119. The molecule has 2 aliphatic heterocycles. The summed E-state index contributed by atoms with van der Waals surface area (Å²) in [7, 11) is 0. The zero-order chi connectivity index (χ0) is 20.5. The molecular formula is C22H36ClIN4O2. The molecule has 1 aromatic carbocycles. The molecule has 0 radical (unpaired) electrons. The largest absolute Gasteiger partial charge is 0.489 e. The fraction of sp³-hybridized carbons (Fsp3) is 0.682. The predicted octanol–water partition coefficient (Wildman–Crippen LogP) is 3.78. The van der Waals surface area contributed by atoms with Gasteiger partial charge in [-0.05, 0) is 63.3 Å². The first-order valence-electron chi connectivity index (χ1n) is 10.9. The van der Waals surface area contributed by atoms with E-state index in [0.717, 1.165) is 63.3 Å². The molecule has 2 fully saturated rings. The highest BCUT2D eigenvalue weighted by atomic mass is 127. The van der Waals surface area contributed by atoms with Gasteiger partial charge in [-0.2, -0.15) is 0 Å². The van der Waals surface area contributed by atoms with Gasteiger partial charge in [0.15, 0.2) is 5.96 Å². The van der Waals surface area contributed by atoms with E-state index in [4.69, 9.17) is 26.1 Å². The molecular weight excluding hydrogens is 515 g/mol. The summed E-state index contributed by atoms with van der Waals surface area (Å²) in [5, 5.41) is 7.69. The van der Waals surface area contributed by atoms with Gasteiger partial charge in [-0.15, -0.1) is 24.0 Å². The number of ether oxygens (including phenoxy) is 2. The van der Waals surface area contributed by atoms with E-state index in [1.807, 2.05) is 31.2 Å². The van der Waals surface area contributed by atoms with Gasteiger partial charge in [0.05, 0.1) is 13.2 Å². The van der Waals surface area contributed by atoms with Crippen molar-refractivity contribution in [3.63, 3.8) is 0 Å². The number of halogens is 2. The minimum absolute atomic E-state index is 0. The quantitative estimate of drug-likeness (QED) is 0.293. The maximum atomic E-state index is 5.93. The number of likely N-dealkylation sites (tertiary alicyclic amines) is 1. The van der Waals surface area contributed by atoms with Crippen molar-refractivity contribution in [3.8, 4) is 5.75 Å². The van der Waals surface area contributed by atoms with Crippen molar-refractivity contribution < 1.29 is 9.47 Å². The van der Waals surface area contributed by atoms with E-state index >= 15 is 0 Å². The van der Waals surface area contributed by atoms with Gasteiger partial charge in [-0.3, -0.25) is 0 Å². The molecule has 2 N–H and O–H groups in total. The highest BCUT2D eigenvalue weighted by molar-refractivity contribution is 14.0. The van der Waals surface area contributed by atoms with Crippen LogP contribution in [0.2, 0.25) is 5.02 Å². The Bertz CT molecular complexity index is 633. The van der Waals surface area contributed by atoms with Gasteiger partial charge in [0.25, 0.3) is 0 Å². The third-order valence-electron chi connectivity index (χ3n) is 5.47. The zero-order valence-electron chi connectivity index (χ0n) is 18.1. The van der Waals surface area contributed by atoms with Gasteiger partial charge in [0.2, 0.25) is 0 Å². The molecule has 2 unspecified atom stereocenters. The molecule has 2 saturated heterocycles. The molecule has 0 aliphatic carbocycles. The lowest BCUT2D eigenvalue weighted by Gasteiger charge is -2.34. The lowest BCUT2D eigenvalue weighted by molar-refractivity contribution is 0.150. The molecule has 0 saturated carbocycles. The molecule has 1 aromatic rings. The number of hydrogen-bond donors (Lipinski definition) is 2. The maximum Gasteiger partial charge on any atom is 0.191 e. The molecule has 2 aliphatic rings. The molecule has 170 valence electrons. The lowest BCUT2D eigenvalue weighted by atomic mass is 10.0. The van der Waals surface area contributed by atoms with Crippen molar-refractivity contribution in [2.24, 2.45) is 10.9 Å². The van der Waals surface area contributed by atoms with E-state index in [2.05, 4.69) is 22.5 Å². The van der Waals surface area contributed by atoms with Crippen LogP contribution in [-0.2, 0) is 4.74 Å². The van der Waals surface area contributed by atoms with E-state index in [9.17, 15) is 0 Å². The van der Waals surface area contributed by atoms with Gasteiger partial charge >= 0.3 is 0 Å². The first kappa shape index (κ1) is 25.5. The average Bonchev–Trinajstić information content (AvgIpc) is 3.23. The lowest BCUT2D eigenvalue weighted by Crippen LogP contribution is -2.49. The molecule has 3 rings (SSSR count).